The second kappa shape index (κ2) is 6.20. The molecule has 0 amide bonds. The van der Waals surface area contributed by atoms with Crippen molar-refractivity contribution in [2.45, 2.75) is 33.2 Å². The van der Waals surface area contributed by atoms with Gasteiger partial charge in [-0.05, 0) is 49.4 Å². The highest BCUT2D eigenvalue weighted by Gasteiger charge is 2.19. The normalized spacial score (nSPS) is 13.7. The van der Waals surface area contributed by atoms with E-state index in [4.69, 9.17) is 5.10 Å². The smallest absolute Gasteiger partial charge is 0.166 e. The number of nitrogens with one attached hydrogen (secondary N) is 2. The monoisotopic (exact) mass is 378 g/mol. The Morgan fingerprint density at radius 3 is 3.04 bits per heavy atom. The lowest BCUT2D eigenvalue weighted by Crippen LogP contribution is -2.12. The van der Waals surface area contributed by atoms with Gasteiger partial charge >= 0.3 is 0 Å². The van der Waals surface area contributed by atoms with Crippen molar-refractivity contribution in [3.05, 3.63) is 40.6 Å². The summed E-state index contributed by atoms with van der Waals surface area (Å²) in [5.74, 6) is 0.920. The number of rotatable bonds is 3. The standard InChI is InChI=1S/C20H22N6S/c1-11-12(2)23-24-20-16(11)17-18(27-20)19(25-26(17)3)22-10-13-6-7-15-14(9-13)5-4-8-21-15/h6-7,9,21H,4-5,8,10H2,1-3H3,(H,22,25). The molecule has 0 radical (unpaired) electrons. The van der Waals surface area contributed by atoms with Crippen molar-refractivity contribution in [1.82, 2.24) is 20.0 Å². The van der Waals surface area contributed by atoms with Gasteiger partial charge in [-0.1, -0.05) is 12.1 Å². The maximum Gasteiger partial charge on any atom is 0.166 e. The lowest BCUT2D eigenvalue weighted by atomic mass is 10.0. The van der Waals surface area contributed by atoms with Crippen molar-refractivity contribution >= 4 is 43.3 Å². The van der Waals surface area contributed by atoms with Crippen LogP contribution < -0.4 is 10.6 Å². The molecule has 2 N–H and O–H groups in total. The molecule has 6 nitrogen and oxygen atoms in total. The average Bonchev–Trinajstić information content (AvgIpc) is 3.21. The highest BCUT2D eigenvalue weighted by Crippen LogP contribution is 2.38. The topological polar surface area (TPSA) is 67.7 Å². The molecule has 0 fully saturated rings. The van der Waals surface area contributed by atoms with Crippen molar-refractivity contribution in [2.75, 3.05) is 17.2 Å². The molecule has 3 aromatic heterocycles. The van der Waals surface area contributed by atoms with Crippen LogP contribution in [-0.2, 0) is 20.0 Å². The molecule has 138 valence electrons. The van der Waals surface area contributed by atoms with Crippen LogP contribution in [0.5, 0.6) is 0 Å². The van der Waals surface area contributed by atoms with Crippen LogP contribution in [0.2, 0.25) is 0 Å². The van der Waals surface area contributed by atoms with E-state index < -0.39 is 0 Å². The zero-order valence-electron chi connectivity index (χ0n) is 15.8. The molecule has 27 heavy (non-hydrogen) atoms. The molecule has 0 saturated heterocycles. The van der Waals surface area contributed by atoms with Crippen LogP contribution >= 0.6 is 11.3 Å². The summed E-state index contributed by atoms with van der Waals surface area (Å²) in [6, 6.07) is 6.69. The molecular formula is C20H22N6S. The number of nitrogens with zero attached hydrogens (tertiary/aromatic N) is 4. The molecule has 0 aliphatic carbocycles. The number of hydrogen-bond acceptors (Lipinski definition) is 6. The SMILES string of the molecule is Cc1nnc2sc3c(NCc4ccc5c(c4)CCCN5)nn(C)c3c2c1C. The van der Waals surface area contributed by atoms with Gasteiger partial charge in [0.15, 0.2) is 5.82 Å². The third-order valence-corrected chi connectivity index (χ3v) is 6.50. The zero-order valence-corrected chi connectivity index (χ0v) is 16.6. The van der Waals surface area contributed by atoms with Gasteiger partial charge in [-0.15, -0.1) is 16.4 Å². The molecular weight excluding hydrogens is 356 g/mol. The van der Waals surface area contributed by atoms with Gasteiger partial charge in [0.1, 0.15) is 4.83 Å². The fourth-order valence-corrected chi connectivity index (χ4v) is 5.02. The molecule has 0 spiro atoms. The lowest BCUT2D eigenvalue weighted by molar-refractivity contribution is 0.798. The summed E-state index contributed by atoms with van der Waals surface area (Å²) in [5, 5.41) is 21.6. The van der Waals surface area contributed by atoms with E-state index in [0.717, 1.165) is 46.1 Å². The van der Waals surface area contributed by atoms with E-state index in [2.05, 4.69) is 46.0 Å². The molecule has 5 rings (SSSR count). The maximum absolute atomic E-state index is 4.73. The van der Waals surface area contributed by atoms with Crippen LogP contribution in [0.1, 0.15) is 28.8 Å². The maximum atomic E-state index is 4.73. The van der Waals surface area contributed by atoms with Gasteiger partial charge in [-0.2, -0.15) is 10.2 Å². The summed E-state index contributed by atoms with van der Waals surface area (Å²) in [7, 11) is 2.00. The van der Waals surface area contributed by atoms with Gasteiger partial charge in [0.25, 0.3) is 0 Å². The van der Waals surface area contributed by atoms with Gasteiger partial charge in [0.2, 0.25) is 0 Å². The Morgan fingerprint density at radius 1 is 1.26 bits per heavy atom. The third kappa shape index (κ3) is 2.65. The molecule has 1 aliphatic rings. The Balaban J connectivity index is 1.50. The van der Waals surface area contributed by atoms with Gasteiger partial charge in [-0.25, -0.2) is 0 Å². The Morgan fingerprint density at radius 2 is 2.15 bits per heavy atom. The van der Waals surface area contributed by atoms with Gasteiger partial charge < -0.3 is 10.6 Å². The predicted molar refractivity (Wildman–Crippen MR) is 112 cm³/mol. The zero-order chi connectivity index (χ0) is 18.5. The van der Waals surface area contributed by atoms with Crippen molar-refractivity contribution < 1.29 is 0 Å². The third-order valence-electron chi connectivity index (χ3n) is 5.43. The van der Waals surface area contributed by atoms with Crippen LogP contribution in [0.15, 0.2) is 18.2 Å². The van der Waals surface area contributed by atoms with E-state index in [0.29, 0.717) is 0 Å². The van der Waals surface area contributed by atoms with E-state index in [1.165, 1.54) is 34.2 Å². The predicted octanol–water partition coefficient (Wildman–Crippen LogP) is 4.17. The summed E-state index contributed by atoms with van der Waals surface area (Å²) in [6.45, 7) is 5.95. The molecule has 1 aliphatic heterocycles. The molecule has 7 heteroatoms. The first-order chi connectivity index (χ1) is 13.1. The summed E-state index contributed by atoms with van der Waals surface area (Å²) in [4.78, 5) is 0.976. The minimum atomic E-state index is 0.761. The van der Waals surface area contributed by atoms with Crippen molar-refractivity contribution in [1.29, 1.82) is 0 Å². The molecule has 0 atom stereocenters. The first-order valence-electron chi connectivity index (χ1n) is 9.30. The van der Waals surface area contributed by atoms with Crippen molar-refractivity contribution in [3.8, 4) is 0 Å². The summed E-state index contributed by atoms with van der Waals surface area (Å²) in [5.41, 5.74) is 7.27. The largest absolute Gasteiger partial charge is 0.385 e. The van der Waals surface area contributed by atoms with Gasteiger partial charge in [-0.3, -0.25) is 4.68 Å². The number of aromatic nitrogens is 4. The van der Waals surface area contributed by atoms with E-state index in [1.54, 1.807) is 11.3 Å². The Hall–Kier alpha value is -2.67. The second-order valence-electron chi connectivity index (χ2n) is 7.22. The minimum absolute atomic E-state index is 0.761. The van der Waals surface area contributed by atoms with Crippen molar-refractivity contribution in [2.24, 2.45) is 7.05 Å². The number of aryl methyl sites for hydroxylation is 4. The molecule has 4 heterocycles. The van der Waals surface area contributed by atoms with Gasteiger partial charge in [0.05, 0.1) is 15.9 Å². The fraction of sp³-hybridized carbons (Fsp3) is 0.350. The number of fused-ring (bicyclic) bond motifs is 4. The molecule has 0 unspecified atom stereocenters. The highest BCUT2D eigenvalue weighted by atomic mass is 32.1. The summed E-state index contributed by atoms with van der Waals surface area (Å²) in [6.07, 6.45) is 2.35. The van der Waals surface area contributed by atoms with Crippen LogP contribution in [0, 0.1) is 13.8 Å². The quantitative estimate of drug-likeness (QED) is 0.560. The highest BCUT2D eigenvalue weighted by molar-refractivity contribution is 7.26. The molecule has 0 bridgehead atoms. The summed E-state index contributed by atoms with van der Waals surface area (Å²) >= 11 is 1.66. The first-order valence-corrected chi connectivity index (χ1v) is 10.1. The average molecular weight is 379 g/mol. The fourth-order valence-electron chi connectivity index (χ4n) is 3.85. The van der Waals surface area contributed by atoms with E-state index in [9.17, 15) is 0 Å². The number of benzene rings is 1. The Bertz CT molecular complexity index is 1170. The Labute approximate surface area is 161 Å². The van der Waals surface area contributed by atoms with Crippen molar-refractivity contribution in [3.63, 3.8) is 0 Å². The van der Waals surface area contributed by atoms with Crippen LogP contribution in [0.25, 0.3) is 20.4 Å². The van der Waals surface area contributed by atoms with Crippen LogP contribution in [-0.4, -0.2) is 26.5 Å². The molecule has 4 aromatic rings. The van der Waals surface area contributed by atoms with E-state index >= 15 is 0 Å². The van der Waals surface area contributed by atoms with E-state index in [1.807, 2.05) is 18.7 Å². The first kappa shape index (κ1) is 16.5. The summed E-state index contributed by atoms with van der Waals surface area (Å²) < 4.78 is 3.11. The minimum Gasteiger partial charge on any atom is -0.385 e. The Kier molecular flexibility index (Phi) is 3.79. The van der Waals surface area contributed by atoms with Crippen LogP contribution in [0.4, 0.5) is 11.5 Å². The van der Waals surface area contributed by atoms with Gasteiger partial charge in [0, 0.05) is 31.2 Å². The lowest BCUT2D eigenvalue weighted by Gasteiger charge is -2.18. The number of anilines is 2. The van der Waals surface area contributed by atoms with Crippen LogP contribution in [0.3, 0.4) is 0 Å². The molecule has 1 aromatic carbocycles. The number of thiophene rings is 1. The molecule has 0 saturated carbocycles. The second-order valence-corrected chi connectivity index (χ2v) is 8.22. The number of hydrogen-bond donors (Lipinski definition) is 2. The van der Waals surface area contributed by atoms with E-state index in [-0.39, 0.29) is 0 Å².